The Hall–Kier alpha value is -1.95. The predicted molar refractivity (Wildman–Crippen MR) is 101 cm³/mol. The van der Waals surface area contributed by atoms with Crippen molar-refractivity contribution in [3.05, 3.63) is 40.6 Å². The van der Waals surface area contributed by atoms with E-state index in [1.54, 1.807) is 0 Å². The SMILES string of the molecule is CCC(CC)C(=O)Nc1c2c(nn1-c1cccc(C)c1C)C[S@@](=O)C2. The largest absolute Gasteiger partial charge is 0.310 e. The Balaban J connectivity index is 2.08. The zero-order valence-corrected chi connectivity index (χ0v) is 16.1. The van der Waals surface area contributed by atoms with E-state index in [1.807, 2.05) is 30.7 Å². The topological polar surface area (TPSA) is 64.0 Å². The second kappa shape index (κ2) is 7.12. The predicted octanol–water partition coefficient (Wildman–Crippen LogP) is 3.63. The maximum atomic E-state index is 12.7. The van der Waals surface area contributed by atoms with Crippen LogP contribution in [0.5, 0.6) is 0 Å². The van der Waals surface area contributed by atoms with Gasteiger partial charge in [-0.25, -0.2) is 4.68 Å². The summed E-state index contributed by atoms with van der Waals surface area (Å²) in [5, 5.41) is 7.77. The zero-order chi connectivity index (χ0) is 18.1. The van der Waals surface area contributed by atoms with Crippen LogP contribution in [0, 0.1) is 19.8 Å². The molecular formula is C19H25N3O2S. The van der Waals surface area contributed by atoms with Crippen molar-refractivity contribution in [2.24, 2.45) is 5.92 Å². The highest BCUT2D eigenvalue weighted by Gasteiger charge is 2.29. The van der Waals surface area contributed by atoms with Gasteiger partial charge in [-0.3, -0.25) is 9.00 Å². The number of fused-ring (bicyclic) bond motifs is 1. The van der Waals surface area contributed by atoms with Crippen molar-refractivity contribution in [1.29, 1.82) is 0 Å². The number of nitrogens with one attached hydrogen (secondary N) is 1. The molecule has 0 aliphatic carbocycles. The van der Waals surface area contributed by atoms with E-state index in [0.717, 1.165) is 35.3 Å². The summed E-state index contributed by atoms with van der Waals surface area (Å²) in [4.78, 5) is 12.7. The van der Waals surface area contributed by atoms with E-state index < -0.39 is 10.8 Å². The van der Waals surface area contributed by atoms with Crippen LogP contribution in [0.3, 0.4) is 0 Å². The molecule has 3 rings (SSSR count). The van der Waals surface area contributed by atoms with Crippen LogP contribution in [0.15, 0.2) is 18.2 Å². The molecule has 1 amide bonds. The first kappa shape index (κ1) is 17.9. The second-order valence-electron chi connectivity index (χ2n) is 6.64. The summed E-state index contributed by atoms with van der Waals surface area (Å²) in [6, 6.07) is 6.07. The lowest BCUT2D eigenvalue weighted by Gasteiger charge is -2.17. The zero-order valence-electron chi connectivity index (χ0n) is 15.3. The number of benzene rings is 1. The van der Waals surface area contributed by atoms with Crippen molar-refractivity contribution in [1.82, 2.24) is 9.78 Å². The van der Waals surface area contributed by atoms with Crippen molar-refractivity contribution in [2.75, 3.05) is 5.32 Å². The number of rotatable bonds is 5. The molecule has 6 heteroatoms. The summed E-state index contributed by atoms with van der Waals surface area (Å²) in [5.41, 5.74) is 5.01. The third kappa shape index (κ3) is 3.27. The fourth-order valence-electron chi connectivity index (χ4n) is 3.27. The van der Waals surface area contributed by atoms with Crippen LogP contribution < -0.4 is 5.32 Å². The summed E-state index contributed by atoms with van der Waals surface area (Å²) in [7, 11) is -0.929. The van der Waals surface area contributed by atoms with Gasteiger partial charge in [-0.05, 0) is 43.9 Å². The lowest BCUT2D eigenvalue weighted by molar-refractivity contribution is -0.120. The third-order valence-corrected chi connectivity index (χ3v) is 6.28. The Kier molecular flexibility index (Phi) is 5.08. The molecule has 2 heterocycles. The normalized spacial score (nSPS) is 16.3. The van der Waals surface area contributed by atoms with Gasteiger partial charge in [0.15, 0.2) is 0 Å². The number of aromatic nitrogens is 2. The van der Waals surface area contributed by atoms with Gasteiger partial charge in [-0.2, -0.15) is 5.10 Å². The molecule has 1 aliphatic heterocycles. The van der Waals surface area contributed by atoms with Gasteiger partial charge in [0.25, 0.3) is 0 Å². The average molecular weight is 359 g/mol. The van der Waals surface area contributed by atoms with Crippen LogP contribution in [0.2, 0.25) is 0 Å². The van der Waals surface area contributed by atoms with Crippen molar-refractivity contribution in [3.63, 3.8) is 0 Å². The molecule has 0 radical (unpaired) electrons. The van der Waals surface area contributed by atoms with E-state index in [-0.39, 0.29) is 11.8 Å². The number of carbonyl (C=O) groups is 1. The van der Waals surface area contributed by atoms with Crippen molar-refractivity contribution < 1.29 is 9.00 Å². The molecule has 1 aliphatic rings. The minimum absolute atomic E-state index is 0.0111. The van der Waals surface area contributed by atoms with Crippen LogP contribution in [-0.4, -0.2) is 19.9 Å². The van der Waals surface area contributed by atoms with Crippen molar-refractivity contribution in [2.45, 2.75) is 52.0 Å². The Bertz CT molecular complexity index is 837. The highest BCUT2D eigenvalue weighted by Crippen LogP contribution is 2.33. The van der Waals surface area contributed by atoms with Crippen LogP contribution in [-0.2, 0) is 27.1 Å². The fraction of sp³-hybridized carbons (Fsp3) is 0.474. The highest BCUT2D eigenvalue weighted by atomic mass is 32.2. The molecule has 134 valence electrons. The lowest BCUT2D eigenvalue weighted by Crippen LogP contribution is -2.24. The van der Waals surface area contributed by atoms with Gasteiger partial charge in [-0.15, -0.1) is 0 Å². The van der Waals surface area contributed by atoms with E-state index in [4.69, 9.17) is 0 Å². The van der Waals surface area contributed by atoms with Gasteiger partial charge in [0.2, 0.25) is 5.91 Å². The summed E-state index contributed by atoms with van der Waals surface area (Å²) in [6.45, 7) is 8.17. The summed E-state index contributed by atoms with van der Waals surface area (Å²) in [6.07, 6.45) is 1.60. The average Bonchev–Trinajstić information content (AvgIpc) is 3.09. The molecule has 1 atom stereocenters. The maximum Gasteiger partial charge on any atom is 0.228 e. The number of aryl methyl sites for hydroxylation is 1. The van der Waals surface area contributed by atoms with Crippen molar-refractivity contribution in [3.8, 4) is 5.69 Å². The molecule has 0 spiro atoms. The first-order valence-corrected chi connectivity index (χ1v) is 10.3. The third-order valence-electron chi connectivity index (χ3n) is 5.07. The van der Waals surface area contributed by atoms with Gasteiger partial charge in [0, 0.05) is 22.3 Å². The quantitative estimate of drug-likeness (QED) is 0.887. The molecule has 0 saturated heterocycles. The van der Waals surface area contributed by atoms with E-state index >= 15 is 0 Å². The summed E-state index contributed by atoms with van der Waals surface area (Å²) >= 11 is 0. The van der Waals surface area contributed by atoms with Crippen LogP contribution in [0.4, 0.5) is 5.82 Å². The molecule has 0 fully saturated rings. The Morgan fingerprint density at radius 1 is 1.28 bits per heavy atom. The van der Waals surface area contributed by atoms with Crippen LogP contribution in [0.25, 0.3) is 5.69 Å². The number of carbonyl (C=O) groups excluding carboxylic acids is 1. The molecule has 0 saturated carbocycles. The standard InChI is InChI=1S/C19H25N3O2S/c1-5-14(6-2)19(23)20-18-15-10-25(24)11-16(15)21-22(18)17-9-7-8-12(3)13(17)4/h7-9,14H,5-6,10-11H2,1-4H3,(H,20,23)/t25-/m0/s1. The smallest absolute Gasteiger partial charge is 0.228 e. The van der Waals surface area contributed by atoms with E-state index in [0.29, 0.717) is 17.3 Å². The molecule has 1 aromatic heterocycles. The van der Waals surface area contributed by atoms with E-state index in [1.165, 1.54) is 5.56 Å². The number of hydrogen-bond donors (Lipinski definition) is 1. The highest BCUT2D eigenvalue weighted by molar-refractivity contribution is 7.83. The molecule has 1 aromatic carbocycles. The molecule has 1 N–H and O–H groups in total. The van der Waals surface area contributed by atoms with Crippen LogP contribution >= 0.6 is 0 Å². The molecule has 0 bridgehead atoms. The summed E-state index contributed by atoms with van der Waals surface area (Å²) in [5.74, 6) is 1.59. The van der Waals surface area contributed by atoms with E-state index in [9.17, 15) is 9.00 Å². The van der Waals surface area contributed by atoms with E-state index in [2.05, 4.69) is 30.3 Å². The first-order valence-electron chi connectivity index (χ1n) is 8.79. The Morgan fingerprint density at radius 2 is 2.00 bits per heavy atom. The van der Waals surface area contributed by atoms with Gasteiger partial charge in [-0.1, -0.05) is 26.0 Å². The molecule has 25 heavy (non-hydrogen) atoms. The van der Waals surface area contributed by atoms with Crippen molar-refractivity contribution >= 4 is 22.5 Å². The first-order chi connectivity index (χ1) is 12.0. The molecular weight excluding hydrogens is 334 g/mol. The van der Waals surface area contributed by atoms with Gasteiger partial charge >= 0.3 is 0 Å². The fourth-order valence-corrected chi connectivity index (χ4v) is 4.54. The minimum atomic E-state index is -0.929. The number of amides is 1. The Morgan fingerprint density at radius 3 is 2.68 bits per heavy atom. The monoisotopic (exact) mass is 359 g/mol. The van der Waals surface area contributed by atoms with Gasteiger partial charge in [0.1, 0.15) is 5.82 Å². The second-order valence-corrected chi connectivity index (χ2v) is 8.09. The lowest BCUT2D eigenvalue weighted by atomic mass is 10.0. The van der Waals surface area contributed by atoms with Gasteiger partial charge < -0.3 is 5.32 Å². The number of hydrogen-bond acceptors (Lipinski definition) is 3. The number of anilines is 1. The summed E-state index contributed by atoms with van der Waals surface area (Å²) < 4.78 is 13.8. The maximum absolute atomic E-state index is 12.7. The minimum Gasteiger partial charge on any atom is -0.310 e. The van der Waals surface area contributed by atoms with Crippen LogP contribution in [0.1, 0.15) is 49.1 Å². The Labute approximate surface area is 151 Å². The molecule has 2 aromatic rings. The molecule has 0 unspecified atom stereocenters. The molecule has 5 nitrogen and oxygen atoms in total. The van der Waals surface area contributed by atoms with Gasteiger partial charge in [0.05, 0.1) is 22.9 Å². The number of nitrogens with zero attached hydrogens (tertiary/aromatic N) is 2.